The largest absolute Gasteiger partial charge is 0.384 e. The Hall–Kier alpha value is -2.37. The second-order valence-corrected chi connectivity index (χ2v) is 5.12. The van der Waals surface area contributed by atoms with Crippen LogP contribution in [0.25, 0.3) is 0 Å². The molecule has 6 heteroatoms. The third-order valence-electron chi connectivity index (χ3n) is 3.59. The first-order valence-corrected chi connectivity index (χ1v) is 7.27. The number of amides is 1. The Morgan fingerprint density at radius 3 is 3.00 bits per heavy atom. The summed E-state index contributed by atoms with van der Waals surface area (Å²) < 4.78 is 2.08. The van der Waals surface area contributed by atoms with Crippen LogP contribution in [0.4, 0.5) is 5.69 Å². The SMILES string of the molecule is CCCNc1ccc(C(=O)N2CCn3ccnc3C2)nc1. The minimum atomic E-state index is -0.0358. The van der Waals surface area contributed by atoms with Crippen molar-refractivity contribution in [2.24, 2.45) is 0 Å². The van der Waals surface area contributed by atoms with Crippen molar-refractivity contribution in [1.29, 1.82) is 0 Å². The lowest BCUT2D eigenvalue weighted by Crippen LogP contribution is -2.38. The topological polar surface area (TPSA) is 63.1 Å². The maximum Gasteiger partial charge on any atom is 0.272 e. The van der Waals surface area contributed by atoms with Gasteiger partial charge < -0.3 is 14.8 Å². The quantitative estimate of drug-likeness (QED) is 0.929. The van der Waals surface area contributed by atoms with E-state index in [0.29, 0.717) is 18.8 Å². The highest BCUT2D eigenvalue weighted by Gasteiger charge is 2.22. The molecule has 0 aromatic carbocycles. The van der Waals surface area contributed by atoms with Gasteiger partial charge >= 0.3 is 0 Å². The first-order valence-electron chi connectivity index (χ1n) is 7.27. The molecule has 110 valence electrons. The van der Waals surface area contributed by atoms with Crippen molar-refractivity contribution in [3.63, 3.8) is 0 Å². The van der Waals surface area contributed by atoms with Crippen molar-refractivity contribution in [2.45, 2.75) is 26.4 Å². The van der Waals surface area contributed by atoms with Gasteiger partial charge in [-0.2, -0.15) is 0 Å². The summed E-state index contributed by atoms with van der Waals surface area (Å²) in [5.41, 5.74) is 1.43. The number of imidazole rings is 1. The second-order valence-electron chi connectivity index (χ2n) is 5.12. The average molecular weight is 285 g/mol. The van der Waals surface area contributed by atoms with Gasteiger partial charge in [0.15, 0.2) is 0 Å². The highest BCUT2D eigenvalue weighted by molar-refractivity contribution is 5.92. The average Bonchev–Trinajstić information content (AvgIpc) is 3.00. The Morgan fingerprint density at radius 2 is 2.24 bits per heavy atom. The number of fused-ring (bicyclic) bond motifs is 1. The number of nitrogens with zero attached hydrogens (tertiary/aromatic N) is 4. The van der Waals surface area contributed by atoms with Crippen LogP contribution in [0, 0.1) is 0 Å². The van der Waals surface area contributed by atoms with Gasteiger partial charge in [0.25, 0.3) is 5.91 Å². The standard InChI is InChI=1S/C15H19N5O/c1-2-5-16-12-3-4-13(18-10-12)15(21)20-9-8-19-7-6-17-14(19)11-20/h3-4,6-7,10,16H,2,5,8-9,11H2,1H3. The van der Waals surface area contributed by atoms with E-state index in [9.17, 15) is 4.79 Å². The molecule has 3 heterocycles. The predicted octanol–water partition coefficient (Wildman–Crippen LogP) is 1.76. The first kappa shape index (κ1) is 13.6. The molecule has 2 aromatic rings. The fraction of sp³-hybridized carbons (Fsp3) is 0.400. The molecule has 0 atom stereocenters. The number of anilines is 1. The molecule has 1 N–H and O–H groups in total. The van der Waals surface area contributed by atoms with E-state index in [1.165, 1.54) is 0 Å². The molecule has 0 aliphatic carbocycles. The van der Waals surface area contributed by atoms with Crippen LogP contribution in [-0.4, -0.2) is 38.4 Å². The van der Waals surface area contributed by atoms with Crippen LogP contribution in [0.5, 0.6) is 0 Å². The van der Waals surface area contributed by atoms with E-state index in [2.05, 4.69) is 26.8 Å². The second kappa shape index (κ2) is 5.95. The monoisotopic (exact) mass is 285 g/mol. The van der Waals surface area contributed by atoms with Crippen LogP contribution in [-0.2, 0) is 13.1 Å². The highest BCUT2D eigenvalue weighted by atomic mass is 16.2. The summed E-state index contributed by atoms with van der Waals surface area (Å²) in [5, 5.41) is 3.25. The first-order chi connectivity index (χ1) is 10.3. The van der Waals surface area contributed by atoms with E-state index >= 15 is 0 Å². The van der Waals surface area contributed by atoms with Crippen LogP contribution in [0.3, 0.4) is 0 Å². The van der Waals surface area contributed by atoms with Crippen molar-refractivity contribution in [1.82, 2.24) is 19.4 Å². The molecule has 1 aliphatic heterocycles. The molecule has 0 radical (unpaired) electrons. The van der Waals surface area contributed by atoms with Gasteiger partial charge in [-0.25, -0.2) is 9.97 Å². The molecule has 21 heavy (non-hydrogen) atoms. The molecule has 0 saturated carbocycles. The number of rotatable bonds is 4. The number of carbonyl (C=O) groups excluding carboxylic acids is 1. The summed E-state index contributed by atoms with van der Waals surface area (Å²) in [6, 6.07) is 3.68. The number of hydrogen-bond acceptors (Lipinski definition) is 4. The summed E-state index contributed by atoms with van der Waals surface area (Å²) in [7, 11) is 0. The zero-order chi connectivity index (χ0) is 14.7. The third-order valence-corrected chi connectivity index (χ3v) is 3.59. The smallest absolute Gasteiger partial charge is 0.272 e. The Bertz CT molecular complexity index is 619. The summed E-state index contributed by atoms with van der Waals surface area (Å²) in [6.07, 6.45) is 6.49. The molecule has 6 nitrogen and oxygen atoms in total. The fourth-order valence-corrected chi connectivity index (χ4v) is 2.40. The summed E-state index contributed by atoms with van der Waals surface area (Å²) in [5.74, 6) is 0.891. The van der Waals surface area contributed by atoms with E-state index in [0.717, 1.165) is 31.0 Å². The van der Waals surface area contributed by atoms with Crippen molar-refractivity contribution < 1.29 is 4.79 Å². The van der Waals surface area contributed by atoms with E-state index in [1.807, 2.05) is 12.3 Å². The lowest BCUT2D eigenvalue weighted by atomic mass is 10.2. The maximum atomic E-state index is 12.5. The zero-order valence-electron chi connectivity index (χ0n) is 12.1. The van der Waals surface area contributed by atoms with E-state index in [1.54, 1.807) is 23.4 Å². The minimum Gasteiger partial charge on any atom is -0.384 e. The normalized spacial score (nSPS) is 13.9. The van der Waals surface area contributed by atoms with Crippen LogP contribution >= 0.6 is 0 Å². The highest BCUT2D eigenvalue weighted by Crippen LogP contribution is 2.14. The Morgan fingerprint density at radius 1 is 1.33 bits per heavy atom. The van der Waals surface area contributed by atoms with Gasteiger partial charge in [0, 0.05) is 32.0 Å². The molecule has 0 unspecified atom stereocenters. The predicted molar refractivity (Wildman–Crippen MR) is 80.0 cm³/mol. The van der Waals surface area contributed by atoms with Crippen molar-refractivity contribution in [2.75, 3.05) is 18.4 Å². The molecule has 0 bridgehead atoms. The number of pyridine rings is 1. The Kier molecular flexibility index (Phi) is 3.85. The van der Waals surface area contributed by atoms with Gasteiger partial charge in [0.1, 0.15) is 11.5 Å². The van der Waals surface area contributed by atoms with Gasteiger partial charge in [-0.05, 0) is 18.6 Å². The van der Waals surface area contributed by atoms with Gasteiger partial charge in [0.2, 0.25) is 0 Å². The van der Waals surface area contributed by atoms with Crippen LogP contribution < -0.4 is 5.32 Å². The molecule has 0 saturated heterocycles. The van der Waals surface area contributed by atoms with Crippen molar-refractivity contribution in [3.8, 4) is 0 Å². The lowest BCUT2D eigenvalue weighted by Gasteiger charge is -2.27. The zero-order valence-corrected chi connectivity index (χ0v) is 12.1. The van der Waals surface area contributed by atoms with Gasteiger partial charge in [0.05, 0.1) is 18.4 Å². The molecule has 3 rings (SSSR count). The van der Waals surface area contributed by atoms with Gasteiger partial charge in [-0.3, -0.25) is 4.79 Å². The molecular weight excluding hydrogens is 266 g/mol. The van der Waals surface area contributed by atoms with Crippen LogP contribution in [0.2, 0.25) is 0 Å². The minimum absolute atomic E-state index is 0.0358. The van der Waals surface area contributed by atoms with Crippen molar-refractivity contribution in [3.05, 3.63) is 42.2 Å². The number of aromatic nitrogens is 3. The van der Waals surface area contributed by atoms with E-state index in [-0.39, 0.29) is 5.91 Å². The summed E-state index contributed by atoms with van der Waals surface area (Å²) in [6.45, 7) is 5.04. The summed E-state index contributed by atoms with van der Waals surface area (Å²) in [4.78, 5) is 22.8. The number of nitrogens with one attached hydrogen (secondary N) is 1. The molecule has 0 fully saturated rings. The third kappa shape index (κ3) is 2.89. The maximum absolute atomic E-state index is 12.5. The van der Waals surface area contributed by atoms with E-state index < -0.39 is 0 Å². The lowest BCUT2D eigenvalue weighted by molar-refractivity contribution is 0.0701. The number of carbonyl (C=O) groups is 1. The van der Waals surface area contributed by atoms with Crippen molar-refractivity contribution >= 4 is 11.6 Å². The van der Waals surface area contributed by atoms with Crippen LogP contribution in [0.15, 0.2) is 30.7 Å². The van der Waals surface area contributed by atoms with E-state index in [4.69, 9.17) is 0 Å². The molecule has 0 spiro atoms. The number of hydrogen-bond donors (Lipinski definition) is 1. The Labute approximate surface area is 123 Å². The van der Waals surface area contributed by atoms with Gasteiger partial charge in [-0.1, -0.05) is 6.92 Å². The molecule has 1 aliphatic rings. The fourth-order valence-electron chi connectivity index (χ4n) is 2.40. The summed E-state index contributed by atoms with van der Waals surface area (Å²) >= 11 is 0. The van der Waals surface area contributed by atoms with Crippen LogP contribution in [0.1, 0.15) is 29.7 Å². The van der Waals surface area contributed by atoms with Gasteiger partial charge in [-0.15, -0.1) is 0 Å². The molecule has 1 amide bonds. The Balaban J connectivity index is 1.68. The molecule has 2 aromatic heterocycles. The molecular formula is C15H19N5O.